The fourth-order valence-electron chi connectivity index (χ4n) is 6.93. The summed E-state index contributed by atoms with van der Waals surface area (Å²) in [5.41, 5.74) is 2.00. The maximum Gasteiger partial charge on any atom is 0.355 e. The number of amides is 2. The van der Waals surface area contributed by atoms with Gasteiger partial charge in [0.1, 0.15) is 35.3 Å². The minimum atomic E-state index is -2.31. The number of carbonyl (C=O) groups is 5. The lowest BCUT2D eigenvalue weighted by molar-refractivity contribution is -0.154. The normalized spacial score (nSPS) is 19.5. The summed E-state index contributed by atoms with van der Waals surface area (Å²) in [7, 11) is 2.87. The number of benzene rings is 2. The van der Waals surface area contributed by atoms with E-state index >= 15 is 0 Å². The number of esters is 2. The van der Waals surface area contributed by atoms with Gasteiger partial charge in [-0.1, -0.05) is 89.4 Å². The second-order valence-electron chi connectivity index (χ2n) is 13.9. The third kappa shape index (κ3) is 11.2. The van der Waals surface area contributed by atoms with Crippen LogP contribution in [0.25, 0.3) is 0 Å². The molecule has 2 aliphatic rings. The van der Waals surface area contributed by atoms with Crippen LogP contribution in [0.15, 0.2) is 54.6 Å². The topological polar surface area (TPSA) is 138 Å². The van der Waals surface area contributed by atoms with Crippen molar-refractivity contribution in [1.82, 2.24) is 10.2 Å². The van der Waals surface area contributed by atoms with Gasteiger partial charge in [0.15, 0.2) is 11.9 Å². The summed E-state index contributed by atoms with van der Waals surface area (Å²) in [5, 5.41) is 2.21. The molecule has 0 unspecified atom stereocenters. The Morgan fingerprint density at radius 2 is 1.46 bits per heavy atom. The van der Waals surface area contributed by atoms with Crippen LogP contribution in [0.1, 0.15) is 83.3 Å². The van der Waals surface area contributed by atoms with Gasteiger partial charge < -0.3 is 24.3 Å². The highest BCUT2D eigenvalue weighted by Crippen LogP contribution is 2.54. The molecule has 54 heavy (non-hydrogen) atoms. The summed E-state index contributed by atoms with van der Waals surface area (Å²) in [6.07, 6.45) is 7.10. The predicted molar refractivity (Wildman–Crippen MR) is 214 cm³/mol. The van der Waals surface area contributed by atoms with Gasteiger partial charge in [0.25, 0.3) is 5.91 Å². The molecule has 0 radical (unpaired) electrons. The van der Waals surface area contributed by atoms with Crippen LogP contribution >= 0.6 is 18.6 Å². The van der Waals surface area contributed by atoms with Gasteiger partial charge in [-0.05, 0) is 73.8 Å². The van der Waals surface area contributed by atoms with Crippen LogP contribution in [-0.2, 0) is 51.2 Å². The van der Waals surface area contributed by atoms with Gasteiger partial charge in [0.05, 0.1) is 26.4 Å². The SMILES string of the molecule is CCCCP(CCCC)(CCCC)=C(C(=O)OCc1ccc(OC)cc1)N1C(=O)[C@@H](NC(=O)Cc2ccccc2)[C@H]1SCC(=O)[C@H]1CC[C@H](C(=O)OC)O1. The van der Waals surface area contributed by atoms with Crippen LogP contribution in [0.2, 0.25) is 0 Å². The number of thioether (sulfide) groups is 1. The Balaban J connectivity index is 1.73. The second-order valence-corrected chi connectivity index (χ2v) is 19.1. The number of likely N-dealkylation sites (tertiary alicyclic amines) is 1. The molecule has 2 aromatic carbocycles. The van der Waals surface area contributed by atoms with Crippen molar-refractivity contribution in [3.63, 3.8) is 0 Å². The summed E-state index contributed by atoms with van der Waals surface area (Å²) in [6, 6.07) is 15.6. The number of rotatable bonds is 22. The number of ketones is 1. The molecule has 13 heteroatoms. The number of unbranched alkanes of at least 4 members (excludes halogenated alkanes) is 3. The monoisotopic (exact) mass is 784 g/mol. The van der Waals surface area contributed by atoms with Gasteiger partial charge in [0.2, 0.25) is 5.91 Å². The lowest BCUT2D eigenvalue weighted by Crippen LogP contribution is -2.72. The fraction of sp³-hybridized carbons (Fsp3) is 0.561. The molecule has 4 rings (SSSR count). The Labute approximate surface area is 324 Å². The third-order valence-electron chi connectivity index (χ3n) is 10.0. The predicted octanol–water partition coefficient (Wildman–Crippen LogP) is 6.20. The van der Waals surface area contributed by atoms with E-state index in [-0.39, 0.29) is 36.4 Å². The molecule has 1 N–H and O–H groups in total. The largest absolute Gasteiger partial charge is 0.497 e. The number of carbonyl (C=O) groups excluding carboxylic acids is 5. The smallest absolute Gasteiger partial charge is 0.355 e. The van der Waals surface area contributed by atoms with Crippen LogP contribution in [0, 0.1) is 0 Å². The lowest BCUT2D eigenvalue weighted by Gasteiger charge is -2.49. The first kappa shape index (κ1) is 43.1. The maximum atomic E-state index is 14.7. The van der Waals surface area contributed by atoms with Crippen molar-refractivity contribution < 1.29 is 42.9 Å². The van der Waals surface area contributed by atoms with Crippen molar-refractivity contribution in [2.24, 2.45) is 0 Å². The number of Topliss-reactive ketones (excluding diaryl/α,β-unsaturated/α-hetero) is 1. The quantitative estimate of drug-likeness (QED) is 0.0835. The Kier molecular flexibility index (Phi) is 17.2. The molecule has 0 spiro atoms. The molecule has 296 valence electrons. The molecule has 2 aliphatic heterocycles. The number of hydrogen-bond acceptors (Lipinski definition) is 10. The van der Waals surface area contributed by atoms with Gasteiger partial charge in [-0.25, -0.2) is 9.59 Å². The minimum Gasteiger partial charge on any atom is -0.497 e. The zero-order valence-electron chi connectivity index (χ0n) is 32.4. The van der Waals surface area contributed by atoms with E-state index in [1.165, 1.54) is 18.9 Å². The van der Waals surface area contributed by atoms with Gasteiger partial charge in [-0.15, -0.1) is 11.8 Å². The van der Waals surface area contributed by atoms with Crippen molar-refractivity contribution >= 4 is 53.6 Å². The standard InChI is InChI=1S/C41H57N2O9PS/c1-6-9-23-53(24-10-7-2,25-11-8-3)38(41(48)51-27-30-17-19-31(49-4)20-18-30)43-37(46)36(42-35(45)26-29-15-13-12-14-16-29)39(43)54-28-32(44)33-21-22-34(52-33)40(47)50-5/h12-20,33-34,36,39H,6-11,21-28H2,1-5H3,(H,42,45)/t33-,34-,36-,39-/m1/s1. The summed E-state index contributed by atoms with van der Waals surface area (Å²) < 4.78 is 22.0. The van der Waals surface area contributed by atoms with Crippen molar-refractivity contribution in [2.75, 3.05) is 38.5 Å². The molecule has 2 heterocycles. The van der Waals surface area contributed by atoms with E-state index in [0.717, 1.165) is 68.1 Å². The van der Waals surface area contributed by atoms with Gasteiger partial charge >= 0.3 is 11.9 Å². The Bertz CT molecular complexity index is 1610. The first-order valence-corrected chi connectivity index (χ1v) is 22.6. The van der Waals surface area contributed by atoms with Gasteiger partial charge in [-0.3, -0.25) is 19.3 Å². The van der Waals surface area contributed by atoms with E-state index in [9.17, 15) is 24.0 Å². The average Bonchev–Trinajstić information content (AvgIpc) is 3.70. The van der Waals surface area contributed by atoms with E-state index in [2.05, 4.69) is 26.1 Å². The molecule has 0 saturated carbocycles. The Hall–Kier alpha value is -3.60. The summed E-state index contributed by atoms with van der Waals surface area (Å²) >= 11 is 1.21. The van der Waals surface area contributed by atoms with Crippen LogP contribution in [0.5, 0.6) is 5.75 Å². The zero-order valence-corrected chi connectivity index (χ0v) is 34.1. The third-order valence-corrected chi connectivity index (χ3v) is 16.1. The van der Waals surface area contributed by atoms with Crippen LogP contribution in [0.3, 0.4) is 0 Å². The first-order chi connectivity index (χ1) is 26.1. The van der Waals surface area contributed by atoms with Gasteiger partial charge in [0, 0.05) is 0 Å². The highest BCUT2D eigenvalue weighted by Gasteiger charge is 2.54. The molecule has 2 saturated heterocycles. The molecule has 4 atom stereocenters. The maximum absolute atomic E-state index is 14.7. The van der Waals surface area contributed by atoms with Gasteiger partial charge in [-0.2, -0.15) is 0 Å². The highest BCUT2D eigenvalue weighted by molar-refractivity contribution is 8.00. The summed E-state index contributed by atoms with van der Waals surface area (Å²) in [4.78, 5) is 69.8. The molecule has 2 fully saturated rings. The number of hydrogen-bond donors (Lipinski definition) is 1. The summed E-state index contributed by atoms with van der Waals surface area (Å²) in [5.74, 6) is -1.34. The molecular weight excluding hydrogens is 727 g/mol. The van der Waals surface area contributed by atoms with Crippen LogP contribution in [0.4, 0.5) is 0 Å². The number of β-lactam (4-membered cyclic amide) rings is 1. The molecule has 11 nitrogen and oxygen atoms in total. The number of nitrogens with one attached hydrogen (secondary N) is 1. The Morgan fingerprint density at radius 1 is 0.852 bits per heavy atom. The fourth-order valence-corrected chi connectivity index (χ4v) is 13.5. The summed E-state index contributed by atoms with van der Waals surface area (Å²) in [6.45, 7) is 4.09. The zero-order chi connectivity index (χ0) is 39.1. The molecule has 0 bridgehead atoms. The number of methoxy groups -OCH3 is 2. The first-order valence-electron chi connectivity index (χ1n) is 19.2. The second kappa shape index (κ2) is 21.5. The molecule has 2 aromatic rings. The molecule has 2 amide bonds. The van der Waals surface area contributed by atoms with Crippen LogP contribution in [-0.4, -0.2) is 102 Å². The molecule has 0 aromatic heterocycles. The number of ether oxygens (including phenoxy) is 4. The highest BCUT2D eigenvalue weighted by atomic mass is 32.2. The van der Waals surface area contributed by atoms with E-state index in [4.69, 9.17) is 18.9 Å². The number of nitrogens with zero attached hydrogens (tertiary/aromatic N) is 1. The van der Waals surface area contributed by atoms with Crippen LogP contribution < -0.4 is 10.1 Å². The van der Waals surface area contributed by atoms with Crippen molar-refractivity contribution in [3.05, 3.63) is 65.7 Å². The van der Waals surface area contributed by atoms with Crippen molar-refractivity contribution in [2.45, 2.75) is 109 Å². The van der Waals surface area contributed by atoms with Crippen molar-refractivity contribution in [1.29, 1.82) is 0 Å². The molecule has 0 aliphatic carbocycles. The van der Waals surface area contributed by atoms with E-state index in [0.29, 0.717) is 24.0 Å². The minimum absolute atomic E-state index is 0.0115. The molecular formula is C41H57N2O9PS. The van der Waals surface area contributed by atoms with Crippen molar-refractivity contribution in [3.8, 4) is 5.75 Å². The average molecular weight is 785 g/mol. The van der Waals surface area contributed by atoms with E-state index < -0.39 is 42.4 Å². The lowest BCUT2D eigenvalue weighted by atomic mass is 10.1. The van der Waals surface area contributed by atoms with E-state index in [1.54, 1.807) is 12.0 Å². The van der Waals surface area contributed by atoms with E-state index in [1.807, 2.05) is 54.6 Å². The Morgan fingerprint density at radius 3 is 2.04 bits per heavy atom.